The fourth-order valence-electron chi connectivity index (χ4n) is 2.04. The van der Waals surface area contributed by atoms with Gasteiger partial charge in [-0.05, 0) is 49.1 Å². The number of nitrogen functional groups attached to an aromatic ring is 1. The number of hydrogen-bond donors (Lipinski definition) is 1. The van der Waals surface area contributed by atoms with Gasteiger partial charge in [0, 0.05) is 22.7 Å². The molecule has 0 fully saturated rings. The summed E-state index contributed by atoms with van der Waals surface area (Å²) in [6, 6.07) is 9.54. The fourth-order valence-corrected chi connectivity index (χ4v) is 2.76. The summed E-state index contributed by atoms with van der Waals surface area (Å²) in [6.45, 7) is 5.28. The molecule has 0 saturated carbocycles. The highest BCUT2D eigenvalue weighted by molar-refractivity contribution is 7.09. The number of rotatable bonds is 4. The van der Waals surface area contributed by atoms with Gasteiger partial charge in [-0.2, -0.15) is 0 Å². The highest BCUT2D eigenvalue weighted by Gasteiger charge is 2.15. The molecule has 1 aromatic heterocycles. The van der Waals surface area contributed by atoms with E-state index in [-0.39, 0.29) is 5.91 Å². The summed E-state index contributed by atoms with van der Waals surface area (Å²) in [5, 5.41) is 2.03. The van der Waals surface area contributed by atoms with Crippen LogP contribution in [0.5, 0.6) is 0 Å². The molecule has 2 N–H and O–H groups in total. The molecular weight excluding hydrogens is 256 g/mol. The minimum Gasteiger partial charge on any atom is -0.399 e. The zero-order chi connectivity index (χ0) is 13.8. The molecule has 2 aromatic rings. The first-order chi connectivity index (χ1) is 9.10. The normalized spacial score (nSPS) is 10.4. The predicted octanol–water partition coefficient (Wildman–Crippen LogP) is 3.30. The second-order valence-electron chi connectivity index (χ2n) is 4.53. The van der Waals surface area contributed by atoms with Crippen LogP contribution in [0.25, 0.3) is 0 Å². The summed E-state index contributed by atoms with van der Waals surface area (Å²) >= 11 is 1.67. The predicted molar refractivity (Wildman–Crippen MR) is 80.3 cm³/mol. The first-order valence-electron chi connectivity index (χ1n) is 6.29. The van der Waals surface area contributed by atoms with E-state index in [0.717, 1.165) is 5.56 Å². The molecule has 0 aliphatic carbocycles. The first-order valence-corrected chi connectivity index (χ1v) is 7.17. The van der Waals surface area contributed by atoms with Crippen LogP contribution in [-0.2, 0) is 6.54 Å². The summed E-state index contributed by atoms with van der Waals surface area (Å²) < 4.78 is 0. The van der Waals surface area contributed by atoms with Crippen molar-refractivity contribution in [2.75, 3.05) is 12.3 Å². The van der Waals surface area contributed by atoms with Crippen LogP contribution in [0.2, 0.25) is 0 Å². The van der Waals surface area contributed by atoms with Crippen LogP contribution in [0, 0.1) is 6.92 Å². The lowest BCUT2D eigenvalue weighted by Crippen LogP contribution is -2.30. The molecule has 0 radical (unpaired) electrons. The van der Waals surface area contributed by atoms with E-state index in [2.05, 4.69) is 0 Å². The van der Waals surface area contributed by atoms with Gasteiger partial charge in [0.15, 0.2) is 0 Å². The average molecular weight is 274 g/mol. The van der Waals surface area contributed by atoms with Gasteiger partial charge in [0.2, 0.25) is 0 Å². The summed E-state index contributed by atoms with van der Waals surface area (Å²) in [4.78, 5) is 15.5. The Bertz CT molecular complexity index is 543. The van der Waals surface area contributed by atoms with Crippen molar-refractivity contribution in [1.29, 1.82) is 0 Å². The molecule has 1 aromatic carbocycles. The second kappa shape index (κ2) is 5.89. The van der Waals surface area contributed by atoms with Crippen LogP contribution in [0.1, 0.15) is 27.7 Å². The Morgan fingerprint density at radius 1 is 1.37 bits per heavy atom. The topological polar surface area (TPSA) is 46.3 Å². The zero-order valence-electron chi connectivity index (χ0n) is 11.2. The Morgan fingerprint density at radius 2 is 2.16 bits per heavy atom. The third kappa shape index (κ3) is 3.35. The Kier molecular flexibility index (Phi) is 4.22. The van der Waals surface area contributed by atoms with Gasteiger partial charge < -0.3 is 10.6 Å². The molecule has 3 nitrogen and oxygen atoms in total. The second-order valence-corrected chi connectivity index (χ2v) is 5.56. The zero-order valence-corrected chi connectivity index (χ0v) is 12.0. The van der Waals surface area contributed by atoms with Gasteiger partial charge in [0.1, 0.15) is 0 Å². The summed E-state index contributed by atoms with van der Waals surface area (Å²) in [6.07, 6.45) is 0. The van der Waals surface area contributed by atoms with E-state index < -0.39 is 0 Å². The molecule has 4 heteroatoms. The SMILES string of the molecule is CCN(Cc1cccs1)C(=O)c1cc(C)cc(N)c1. The number of anilines is 1. The largest absolute Gasteiger partial charge is 0.399 e. The summed E-state index contributed by atoms with van der Waals surface area (Å²) in [5.74, 6) is 0.0336. The Morgan fingerprint density at radius 3 is 2.74 bits per heavy atom. The Labute approximate surface area is 117 Å². The Balaban J connectivity index is 2.20. The number of carbonyl (C=O) groups excluding carboxylic acids is 1. The molecule has 0 atom stereocenters. The molecule has 100 valence electrons. The average Bonchev–Trinajstić information content (AvgIpc) is 2.86. The quantitative estimate of drug-likeness (QED) is 0.869. The van der Waals surface area contributed by atoms with Crippen molar-refractivity contribution in [3.05, 3.63) is 51.7 Å². The van der Waals surface area contributed by atoms with E-state index in [1.807, 2.05) is 48.4 Å². The van der Waals surface area contributed by atoms with Gasteiger partial charge in [-0.25, -0.2) is 0 Å². The van der Waals surface area contributed by atoms with E-state index in [0.29, 0.717) is 24.3 Å². The first kappa shape index (κ1) is 13.6. The van der Waals surface area contributed by atoms with Crippen molar-refractivity contribution < 1.29 is 4.79 Å². The van der Waals surface area contributed by atoms with Crippen molar-refractivity contribution in [3.63, 3.8) is 0 Å². The maximum absolute atomic E-state index is 12.5. The lowest BCUT2D eigenvalue weighted by molar-refractivity contribution is 0.0754. The van der Waals surface area contributed by atoms with E-state index >= 15 is 0 Å². The third-order valence-electron chi connectivity index (χ3n) is 2.94. The summed E-state index contributed by atoms with van der Waals surface area (Å²) in [5.41, 5.74) is 8.11. The van der Waals surface area contributed by atoms with Gasteiger partial charge in [-0.15, -0.1) is 11.3 Å². The van der Waals surface area contributed by atoms with E-state index in [1.54, 1.807) is 17.4 Å². The van der Waals surface area contributed by atoms with Crippen molar-refractivity contribution in [2.24, 2.45) is 0 Å². The van der Waals surface area contributed by atoms with Crippen molar-refractivity contribution in [1.82, 2.24) is 4.90 Å². The maximum Gasteiger partial charge on any atom is 0.254 e. The van der Waals surface area contributed by atoms with Crippen molar-refractivity contribution in [2.45, 2.75) is 20.4 Å². The molecule has 0 aliphatic heterocycles. The maximum atomic E-state index is 12.5. The lowest BCUT2D eigenvalue weighted by Gasteiger charge is -2.20. The highest BCUT2D eigenvalue weighted by atomic mass is 32.1. The number of benzene rings is 1. The number of nitrogens with two attached hydrogens (primary N) is 1. The number of carbonyl (C=O) groups is 1. The molecule has 0 aliphatic rings. The molecule has 0 bridgehead atoms. The smallest absolute Gasteiger partial charge is 0.254 e. The van der Waals surface area contributed by atoms with Crippen molar-refractivity contribution in [3.8, 4) is 0 Å². The van der Waals surface area contributed by atoms with Crippen LogP contribution >= 0.6 is 11.3 Å². The van der Waals surface area contributed by atoms with Crippen LogP contribution in [0.3, 0.4) is 0 Å². The van der Waals surface area contributed by atoms with Gasteiger partial charge in [0.25, 0.3) is 5.91 Å². The molecule has 1 heterocycles. The van der Waals surface area contributed by atoms with Crippen LogP contribution in [-0.4, -0.2) is 17.4 Å². The molecule has 0 unspecified atom stereocenters. The van der Waals surface area contributed by atoms with Crippen molar-refractivity contribution >= 4 is 22.9 Å². The minimum absolute atomic E-state index is 0.0336. The van der Waals surface area contributed by atoms with Crippen LogP contribution in [0.15, 0.2) is 35.7 Å². The molecule has 19 heavy (non-hydrogen) atoms. The van der Waals surface area contributed by atoms with Gasteiger partial charge >= 0.3 is 0 Å². The number of amides is 1. The number of thiophene rings is 1. The van der Waals surface area contributed by atoms with Crippen LogP contribution < -0.4 is 5.73 Å². The van der Waals surface area contributed by atoms with E-state index in [9.17, 15) is 4.79 Å². The molecule has 0 spiro atoms. The van der Waals surface area contributed by atoms with E-state index in [4.69, 9.17) is 5.73 Å². The highest BCUT2D eigenvalue weighted by Crippen LogP contribution is 2.17. The third-order valence-corrected chi connectivity index (χ3v) is 3.80. The van der Waals surface area contributed by atoms with Gasteiger partial charge in [0.05, 0.1) is 6.54 Å². The molecular formula is C15H18N2OS. The minimum atomic E-state index is 0.0336. The fraction of sp³-hybridized carbons (Fsp3) is 0.267. The van der Waals surface area contributed by atoms with Gasteiger partial charge in [-0.1, -0.05) is 6.07 Å². The lowest BCUT2D eigenvalue weighted by atomic mass is 10.1. The number of nitrogens with zero attached hydrogens (tertiary/aromatic N) is 1. The molecule has 1 amide bonds. The monoisotopic (exact) mass is 274 g/mol. The standard InChI is InChI=1S/C15H18N2OS/c1-3-17(10-14-5-4-6-19-14)15(18)12-7-11(2)8-13(16)9-12/h4-9H,3,10,16H2,1-2H3. The molecule has 2 rings (SSSR count). The number of aryl methyl sites for hydroxylation is 1. The molecule has 0 saturated heterocycles. The van der Waals surface area contributed by atoms with Gasteiger partial charge in [-0.3, -0.25) is 4.79 Å². The number of hydrogen-bond acceptors (Lipinski definition) is 3. The van der Waals surface area contributed by atoms with E-state index in [1.165, 1.54) is 4.88 Å². The summed E-state index contributed by atoms with van der Waals surface area (Å²) in [7, 11) is 0. The van der Waals surface area contributed by atoms with Crippen LogP contribution in [0.4, 0.5) is 5.69 Å². The Hall–Kier alpha value is -1.81.